The molecule has 0 heterocycles. The normalized spacial score (nSPS) is 26.2. The second-order valence-corrected chi connectivity index (χ2v) is 18.2. The summed E-state index contributed by atoms with van der Waals surface area (Å²) < 4.78 is 0. The number of hydrogen-bond acceptors (Lipinski definition) is 0. The number of aryl methyl sites for hydroxylation is 1. The van der Waals surface area contributed by atoms with Gasteiger partial charge in [-0.3, -0.25) is 0 Å². The van der Waals surface area contributed by atoms with Gasteiger partial charge in [-0.05, 0) is 156 Å². The van der Waals surface area contributed by atoms with Crippen LogP contribution in [0, 0.1) is 53.8 Å². The van der Waals surface area contributed by atoms with Crippen LogP contribution in [-0.2, 0) is 0 Å². The van der Waals surface area contributed by atoms with Gasteiger partial charge in [0.1, 0.15) is 0 Å². The first-order chi connectivity index (χ1) is 23.4. The van der Waals surface area contributed by atoms with Gasteiger partial charge < -0.3 is 0 Å². The molecule has 0 amide bonds. The standard InChI is InChI=1S/C10H16.C10H18.2C10H16.C10H14/c1-7-4-5-8-6-9(7)10(8,2)3;4*1-8(2)10-6-4-9(3)5-7-10/h8-9H,1,4-6H2,2-3H3;4,8,10H,5-7H2,1-3H3;4,6-9H,5H2,1-3H3;4,10H,1,5-7H2,2-3H3;4-8H,1-3H3. The Morgan fingerprint density at radius 2 is 1.36 bits per heavy atom. The predicted molar refractivity (Wildman–Crippen MR) is 227 cm³/mol. The van der Waals surface area contributed by atoms with Gasteiger partial charge in [0.15, 0.2) is 0 Å². The second kappa shape index (κ2) is 21.2. The Morgan fingerprint density at radius 1 is 0.760 bits per heavy atom. The van der Waals surface area contributed by atoms with Crippen molar-refractivity contribution in [3.05, 3.63) is 107 Å². The summed E-state index contributed by atoms with van der Waals surface area (Å²) in [5, 5.41) is 0. The molecule has 3 fully saturated rings. The number of hydrogen-bond donors (Lipinski definition) is 0. The Morgan fingerprint density at radius 3 is 1.72 bits per heavy atom. The highest BCUT2D eigenvalue weighted by Gasteiger charge is 2.51. The lowest BCUT2D eigenvalue weighted by Gasteiger charge is -2.57. The molecule has 0 heteroatoms. The van der Waals surface area contributed by atoms with E-state index in [0.29, 0.717) is 17.3 Å². The maximum atomic E-state index is 4.13. The fourth-order valence-electron chi connectivity index (χ4n) is 7.86. The minimum Gasteiger partial charge on any atom is -0.0998 e. The molecule has 0 aromatic heterocycles. The first-order valence-corrected chi connectivity index (χ1v) is 20.5. The highest BCUT2D eigenvalue weighted by molar-refractivity contribution is 5.25. The molecule has 0 saturated heterocycles. The molecule has 6 aliphatic carbocycles. The zero-order valence-electron chi connectivity index (χ0n) is 35.3. The third kappa shape index (κ3) is 14.7. The van der Waals surface area contributed by atoms with Crippen molar-refractivity contribution in [2.24, 2.45) is 46.8 Å². The Balaban J connectivity index is 0.000000217. The molecular weight excluding hydrogens is 601 g/mol. The zero-order chi connectivity index (χ0) is 37.6. The van der Waals surface area contributed by atoms with Gasteiger partial charge in [0.2, 0.25) is 0 Å². The largest absolute Gasteiger partial charge is 0.0998 e. The van der Waals surface area contributed by atoms with Crippen LogP contribution in [0.2, 0.25) is 0 Å². The number of fused-ring (bicyclic) bond motifs is 2. The van der Waals surface area contributed by atoms with Gasteiger partial charge in [0, 0.05) is 0 Å². The molecule has 50 heavy (non-hydrogen) atoms. The van der Waals surface area contributed by atoms with Gasteiger partial charge in [0.25, 0.3) is 0 Å². The van der Waals surface area contributed by atoms with Gasteiger partial charge in [0.05, 0.1) is 0 Å². The third-order valence-corrected chi connectivity index (χ3v) is 12.5. The fraction of sp³-hybridized carbons (Fsp3) is 0.640. The first kappa shape index (κ1) is 43.8. The van der Waals surface area contributed by atoms with Crippen LogP contribution in [0.1, 0.15) is 164 Å². The van der Waals surface area contributed by atoms with Gasteiger partial charge in [-0.25, -0.2) is 0 Å². The quantitative estimate of drug-likeness (QED) is 0.278. The average Bonchev–Trinajstić information content (AvgIpc) is 3.06. The van der Waals surface area contributed by atoms with Crippen LogP contribution in [0.25, 0.3) is 0 Å². The molecule has 2 bridgehead atoms. The van der Waals surface area contributed by atoms with Crippen LogP contribution in [-0.4, -0.2) is 0 Å². The van der Waals surface area contributed by atoms with Crippen molar-refractivity contribution in [2.45, 2.75) is 160 Å². The monoisotopic (exact) mass is 681 g/mol. The van der Waals surface area contributed by atoms with E-state index in [1.807, 2.05) is 0 Å². The number of benzene rings is 1. The van der Waals surface area contributed by atoms with Crippen molar-refractivity contribution in [1.29, 1.82) is 0 Å². The molecule has 0 aliphatic heterocycles. The fourth-order valence-corrected chi connectivity index (χ4v) is 7.86. The van der Waals surface area contributed by atoms with E-state index in [9.17, 15) is 0 Å². The van der Waals surface area contributed by atoms with E-state index >= 15 is 0 Å². The van der Waals surface area contributed by atoms with Gasteiger partial charge in [-0.1, -0.05) is 158 Å². The molecule has 0 spiro atoms. The van der Waals surface area contributed by atoms with Gasteiger partial charge >= 0.3 is 0 Å². The lowest BCUT2D eigenvalue weighted by atomic mass is 9.47. The summed E-state index contributed by atoms with van der Waals surface area (Å²) in [5.74, 6) is 6.60. The summed E-state index contributed by atoms with van der Waals surface area (Å²) in [5.41, 5.74) is 10.9. The Kier molecular flexibility index (Phi) is 18.6. The lowest BCUT2D eigenvalue weighted by molar-refractivity contribution is -0.0273. The summed E-state index contributed by atoms with van der Waals surface area (Å²) >= 11 is 0. The van der Waals surface area contributed by atoms with Crippen molar-refractivity contribution in [3.8, 4) is 0 Å². The average molecular weight is 681 g/mol. The molecule has 0 radical (unpaired) electrons. The molecule has 1 aromatic carbocycles. The van der Waals surface area contributed by atoms with Gasteiger partial charge in [-0.2, -0.15) is 0 Å². The Bertz CT molecular complexity index is 1300. The first-order valence-electron chi connectivity index (χ1n) is 20.5. The minimum atomic E-state index is 0.606. The van der Waals surface area contributed by atoms with Crippen LogP contribution in [0.5, 0.6) is 0 Å². The van der Waals surface area contributed by atoms with Gasteiger partial charge in [-0.15, -0.1) is 0 Å². The highest BCUT2D eigenvalue weighted by Crippen LogP contribution is 2.60. The van der Waals surface area contributed by atoms with E-state index < -0.39 is 0 Å². The summed E-state index contributed by atoms with van der Waals surface area (Å²) in [6.45, 7) is 37.4. The number of rotatable bonds is 4. The van der Waals surface area contributed by atoms with E-state index in [-0.39, 0.29) is 0 Å². The third-order valence-electron chi connectivity index (χ3n) is 12.5. The molecule has 5 atom stereocenters. The molecule has 0 N–H and O–H groups in total. The summed E-state index contributed by atoms with van der Waals surface area (Å²) in [7, 11) is 0. The Labute approximate surface area is 312 Å². The Hall–Kier alpha value is -2.34. The van der Waals surface area contributed by atoms with Crippen LogP contribution in [0.15, 0.2) is 95.7 Å². The van der Waals surface area contributed by atoms with E-state index in [1.165, 1.54) is 92.1 Å². The lowest BCUT2D eigenvalue weighted by Crippen LogP contribution is -2.48. The minimum absolute atomic E-state index is 0.606. The van der Waals surface area contributed by atoms with Crippen LogP contribution < -0.4 is 0 Å². The van der Waals surface area contributed by atoms with Crippen LogP contribution in [0.4, 0.5) is 0 Å². The van der Waals surface area contributed by atoms with Crippen molar-refractivity contribution >= 4 is 0 Å². The summed E-state index contributed by atoms with van der Waals surface area (Å²) in [6.07, 6.45) is 24.9. The maximum absolute atomic E-state index is 4.13. The highest BCUT2D eigenvalue weighted by atomic mass is 14.6. The maximum Gasteiger partial charge on any atom is -0.0149 e. The van der Waals surface area contributed by atoms with E-state index in [0.717, 1.165) is 35.5 Å². The van der Waals surface area contributed by atoms with E-state index in [2.05, 4.69) is 158 Å². The van der Waals surface area contributed by atoms with Crippen LogP contribution in [0.3, 0.4) is 0 Å². The van der Waals surface area contributed by atoms with E-state index in [1.54, 1.807) is 11.1 Å². The predicted octanol–water partition coefficient (Wildman–Crippen LogP) is 16.0. The number of allylic oxidation sites excluding steroid dienone is 10. The van der Waals surface area contributed by atoms with Crippen molar-refractivity contribution in [3.63, 3.8) is 0 Å². The molecular formula is C50H80. The SMILES string of the molecule is C=C(C)C1CC=C(C)CC1.C=C1CCC2CC1C2(C)C.CC1=CCC(C(C)C)CC1.CC1C=CC(C(C)C)=CC1.Cc1ccc(C(C)C)cc1. The van der Waals surface area contributed by atoms with Crippen LogP contribution >= 0.6 is 0 Å². The molecule has 6 aliphatic rings. The second-order valence-electron chi connectivity index (χ2n) is 18.2. The van der Waals surface area contributed by atoms with Crippen molar-refractivity contribution < 1.29 is 0 Å². The topological polar surface area (TPSA) is 0 Å². The molecule has 1 aromatic rings. The van der Waals surface area contributed by atoms with Crippen molar-refractivity contribution in [1.82, 2.24) is 0 Å². The molecule has 280 valence electrons. The summed E-state index contributed by atoms with van der Waals surface area (Å²) in [6, 6.07) is 8.71. The molecule has 5 unspecified atom stereocenters. The molecule has 0 nitrogen and oxygen atoms in total. The molecule has 7 rings (SSSR count). The molecule has 3 saturated carbocycles. The summed E-state index contributed by atoms with van der Waals surface area (Å²) in [4.78, 5) is 0. The zero-order valence-corrected chi connectivity index (χ0v) is 35.3. The van der Waals surface area contributed by atoms with E-state index in [4.69, 9.17) is 0 Å². The smallest absolute Gasteiger partial charge is 0.0149 e. The van der Waals surface area contributed by atoms with Crippen molar-refractivity contribution in [2.75, 3.05) is 0 Å².